The van der Waals surface area contributed by atoms with Crippen LogP contribution in [0.1, 0.15) is 58.8 Å². The third-order valence-corrected chi connectivity index (χ3v) is 5.14. The molecule has 2 heterocycles. The molecule has 0 bridgehead atoms. The zero-order valence-corrected chi connectivity index (χ0v) is 12.7. The minimum Gasteiger partial charge on any atom is -0.378 e. The third-order valence-electron chi connectivity index (χ3n) is 5.14. The summed E-state index contributed by atoms with van der Waals surface area (Å²) in [5, 5.41) is 0. The number of unbranched alkanes of at least 4 members (excludes halogenated alkanes) is 1. The second-order valence-corrected chi connectivity index (χ2v) is 6.47. The highest BCUT2D eigenvalue weighted by Crippen LogP contribution is 2.38. The second kappa shape index (κ2) is 7.05. The maximum absolute atomic E-state index is 6.60. The first-order chi connectivity index (χ1) is 9.21. The fraction of sp³-hybridized carbons (Fsp3) is 1.00. The summed E-state index contributed by atoms with van der Waals surface area (Å²) < 4.78 is 11.6. The molecule has 112 valence electrons. The summed E-state index contributed by atoms with van der Waals surface area (Å²) in [6.07, 6.45) is 8.37. The highest BCUT2D eigenvalue weighted by Gasteiger charge is 2.43. The number of ether oxygens (including phenoxy) is 2. The monoisotopic (exact) mass is 269 g/mol. The lowest BCUT2D eigenvalue weighted by Crippen LogP contribution is -2.48. The Morgan fingerprint density at radius 1 is 1.32 bits per heavy atom. The molecule has 2 rings (SSSR count). The van der Waals surface area contributed by atoms with Gasteiger partial charge in [-0.1, -0.05) is 33.1 Å². The van der Waals surface area contributed by atoms with E-state index in [1.165, 1.54) is 25.7 Å². The fourth-order valence-corrected chi connectivity index (χ4v) is 3.78. The van der Waals surface area contributed by atoms with Crippen LogP contribution in [0, 0.1) is 11.8 Å². The summed E-state index contributed by atoms with van der Waals surface area (Å²) >= 11 is 0. The van der Waals surface area contributed by atoms with Crippen LogP contribution in [0.5, 0.6) is 0 Å². The van der Waals surface area contributed by atoms with Gasteiger partial charge in [0.1, 0.15) is 0 Å². The van der Waals surface area contributed by atoms with Crippen molar-refractivity contribution in [3.05, 3.63) is 0 Å². The van der Waals surface area contributed by atoms with Crippen LogP contribution in [0.3, 0.4) is 0 Å². The van der Waals surface area contributed by atoms with Crippen LogP contribution in [0.25, 0.3) is 0 Å². The van der Waals surface area contributed by atoms with Crippen LogP contribution < -0.4 is 5.73 Å². The Morgan fingerprint density at radius 2 is 2.16 bits per heavy atom. The second-order valence-electron chi connectivity index (χ2n) is 6.47. The van der Waals surface area contributed by atoms with Crippen LogP contribution in [0.2, 0.25) is 0 Å². The van der Waals surface area contributed by atoms with Crippen molar-refractivity contribution in [2.75, 3.05) is 19.8 Å². The van der Waals surface area contributed by atoms with E-state index in [1.54, 1.807) is 0 Å². The van der Waals surface area contributed by atoms with Crippen molar-refractivity contribution in [1.29, 1.82) is 0 Å². The molecule has 0 amide bonds. The van der Waals surface area contributed by atoms with E-state index in [2.05, 4.69) is 13.8 Å². The predicted molar refractivity (Wildman–Crippen MR) is 78.1 cm³/mol. The zero-order valence-electron chi connectivity index (χ0n) is 12.7. The molecular formula is C16H31NO2. The molecule has 2 aliphatic rings. The number of hydrogen-bond donors (Lipinski definition) is 1. The van der Waals surface area contributed by atoms with E-state index in [1.807, 2.05) is 0 Å². The Balaban J connectivity index is 1.91. The summed E-state index contributed by atoms with van der Waals surface area (Å²) in [6.45, 7) is 7.05. The maximum atomic E-state index is 6.60. The molecule has 4 atom stereocenters. The van der Waals surface area contributed by atoms with E-state index in [9.17, 15) is 0 Å². The molecule has 3 nitrogen and oxygen atoms in total. The van der Waals surface area contributed by atoms with Crippen molar-refractivity contribution < 1.29 is 9.47 Å². The molecule has 1 spiro atoms. The van der Waals surface area contributed by atoms with Gasteiger partial charge in [-0.2, -0.15) is 0 Å². The highest BCUT2D eigenvalue weighted by atomic mass is 16.6. The van der Waals surface area contributed by atoms with Crippen molar-refractivity contribution in [3.63, 3.8) is 0 Å². The maximum Gasteiger partial charge on any atom is 0.0939 e. The standard InChI is InChI=1S/C16H31NO2/c1-3-5-6-13(4-2)15(17)14-7-9-19-16(11-14)8-10-18-12-16/h13-15H,3-12,17H2,1-2H3. The lowest BCUT2D eigenvalue weighted by molar-refractivity contribution is -0.104. The zero-order chi connectivity index (χ0) is 13.7. The molecule has 2 aliphatic heterocycles. The molecule has 0 aromatic carbocycles. The van der Waals surface area contributed by atoms with Gasteiger partial charge >= 0.3 is 0 Å². The van der Waals surface area contributed by atoms with Crippen LogP contribution in [0.4, 0.5) is 0 Å². The molecule has 0 radical (unpaired) electrons. The van der Waals surface area contributed by atoms with Crippen molar-refractivity contribution in [2.24, 2.45) is 17.6 Å². The Labute approximate surface area is 118 Å². The topological polar surface area (TPSA) is 44.5 Å². The molecule has 4 unspecified atom stereocenters. The first-order valence-electron chi connectivity index (χ1n) is 8.18. The summed E-state index contributed by atoms with van der Waals surface area (Å²) in [5.74, 6) is 1.31. The molecule has 0 aromatic heterocycles. The lowest BCUT2D eigenvalue weighted by atomic mass is 9.75. The van der Waals surface area contributed by atoms with Gasteiger partial charge in [-0.3, -0.25) is 0 Å². The van der Waals surface area contributed by atoms with Crippen LogP contribution >= 0.6 is 0 Å². The summed E-state index contributed by atoms with van der Waals surface area (Å²) in [4.78, 5) is 0. The Hall–Kier alpha value is -0.120. The van der Waals surface area contributed by atoms with Gasteiger partial charge in [-0.15, -0.1) is 0 Å². The average molecular weight is 269 g/mol. The number of hydrogen-bond acceptors (Lipinski definition) is 3. The largest absolute Gasteiger partial charge is 0.378 e. The fourth-order valence-electron chi connectivity index (χ4n) is 3.78. The van der Waals surface area contributed by atoms with E-state index in [4.69, 9.17) is 15.2 Å². The molecule has 2 N–H and O–H groups in total. The van der Waals surface area contributed by atoms with Gasteiger partial charge in [-0.05, 0) is 31.1 Å². The van der Waals surface area contributed by atoms with Crippen molar-refractivity contribution in [3.8, 4) is 0 Å². The Kier molecular flexibility index (Phi) is 5.67. The van der Waals surface area contributed by atoms with Gasteiger partial charge in [0, 0.05) is 25.7 Å². The van der Waals surface area contributed by atoms with Crippen LogP contribution in [0.15, 0.2) is 0 Å². The summed E-state index contributed by atoms with van der Waals surface area (Å²) in [5.41, 5.74) is 6.60. The molecule has 3 heteroatoms. The molecule has 2 saturated heterocycles. The smallest absolute Gasteiger partial charge is 0.0939 e. The molecule has 0 saturated carbocycles. The van der Waals surface area contributed by atoms with Crippen LogP contribution in [-0.2, 0) is 9.47 Å². The highest BCUT2D eigenvalue weighted by molar-refractivity contribution is 4.94. The van der Waals surface area contributed by atoms with Gasteiger partial charge in [0.2, 0.25) is 0 Å². The van der Waals surface area contributed by atoms with E-state index in [0.717, 1.165) is 39.1 Å². The first-order valence-corrected chi connectivity index (χ1v) is 8.18. The van der Waals surface area contributed by atoms with Gasteiger partial charge in [0.25, 0.3) is 0 Å². The van der Waals surface area contributed by atoms with Crippen molar-refractivity contribution >= 4 is 0 Å². The molecule has 2 fully saturated rings. The van der Waals surface area contributed by atoms with Gasteiger partial charge in [0.15, 0.2) is 0 Å². The third kappa shape index (κ3) is 3.71. The average Bonchev–Trinajstić information content (AvgIpc) is 2.87. The van der Waals surface area contributed by atoms with Gasteiger partial charge < -0.3 is 15.2 Å². The molecular weight excluding hydrogens is 238 g/mol. The van der Waals surface area contributed by atoms with Gasteiger partial charge in [-0.25, -0.2) is 0 Å². The van der Waals surface area contributed by atoms with E-state index in [0.29, 0.717) is 17.9 Å². The minimum absolute atomic E-state index is 0.00356. The van der Waals surface area contributed by atoms with Crippen LogP contribution in [-0.4, -0.2) is 31.5 Å². The summed E-state index contributed by atoms with van der Waals surface area (Å²) in [7, 11) is 0. The minimum atomic E-state index is 0.00356. The summed E-state index contributed by atoms with van der Waals surface area (Å²) in [6, 6.07) is 0.345. The van der Waals surface area contributed by atoms with Crippen molar-refractivity contribution in [2.45, 2.75) is 70.4 Å². The number of nitrogens with two attached hydrogens (primary N) is 1. The normalized spacial score (nSPS) is 34.6. The quantitative estimate of drug-likeness (QED) is 0.806. The predicted octanol–water partition coefficient (Wildman–Crippen LogP) is 3.12. The first kappa shape index (κ1) is 15.3. The number of rotatable bonds is 6. The Morgan fingerprint density at radius 3 is 2.79 bits per heavy atom. The Bertz CT molecular complexity index is 263. The molecule has 19 heavy (non-hydrogen) atoms. The van der Waals surface area contributed by atoms with E-state index < -0.39 is 0 Å². The SMILES string of the molecule is CCCCC(CC)C(N)C1CCOC2(CCOC2)C1. The lowest BCUT2D eigenvalue weighted by Gasteiger charge is -2.41. The molecule has 0 aliphatic carbocycles. The van der Waals surface area contributed by atoms with E-state index >= 15 is 0 Å². The van der Waals surface area contributed by atoms with Crippen molar-refractivity contribution in [1.82, 2.24) is 0 Å². The van der Waals surface area contributed by atoms with Gasteiger partial charge in [0.05, 0.1) is 12.2 Å². The van der Waals surface area contributed by atoms with E-state index in [-0.39, 0.29) is 5.60 Å². The molecule has 0 aromatic rings.